The minimum absolute atomic E-state index is 0.0600. The summed E-state index contributed by atoms with van der Waals surface area (Å²) in [5.41, 5.74) is 1.25. The Morgan fingerprint density at radius 3 is 2.46 bits per heavy atom. The number of hydrogen-bond acceptors (Lipinski definition) is 4. The first-order valence-electron chi connectivity index (χ1n) is 7.29. The van der Waals surface area contributed by atoms with E-state index in [1.807, 2.05) is 24.3 Å². The number of furan rings is 1. The zero-order chi connectivity index (χ0) is 17.2. The van der Waals surface area contributed by atoms with E-state index in [1.54, 1.807) is 6.07 Å². The van der Waals surface area contributed by atoms with E-state index in [1.165, 1.54) is 31.2 Å². The van der Waals surface area contributed by atoms with Crippen LogP contribution in [-0.2, 0) is 21.4 Å². The van der Waals surface area contributed by atoms with Crippen molar-refractivity contribution in [2.45, 2.75) is 18.4 Å². The summed E-state index contributed by atoms with van der Waals surface area (Å²) in [6.45, 7) is 1.45. The van der Waals surface area contributed by atoms with Crippen LogP contribution in [0.4, 0.5) is 5.69 Å². The van der Waals surface area contributed by atoms with Crippen molar-refractivity contribution in [2.24, 2.45) is 0 Å². The second-order valence-corrected chi connectivity index (χ2v) is 7.05. The maximum absolute atomic E-state index is 12.3. The fraction of sp³-hybridized carbons (Fsp3) is 0.118. The molecular formula is C17H16N2O4S. The lowest BCUT2D eigenvalue weighted by molar-refractivity contribution is -0.114. The third kappa shape index (κ3) is 3.64. The Morgan fingerprint density at radius 2 is 1.79 bits per heavy atom. The fourth-order valence-corrected chi connectivity index (χ4v) is 3.29. The Bertz CT molecular complexity index is 942. The molecule has 0 unspecified atom stereocenters. The van der Waals surface area contributed by atoms with Gasteiger partial charge in [-0.25, -0.2) is 13.1 Å². The van der Waals surface area contributed by atoms with E-state index in [9.17, 15) is 13.2 Å². The van der Waals surface area contributed by atoms with Gasteiger partial charge in [-0.05, 0) is 36.4 Å². The molecule has 3 rings (SSSR count). The number of carbonyl (C=O) groups excluding carboxylic acids is 1. The molecule has 0 radical (unpaired) electrons. The Hall–Kier alpha value is -2.64. The zero-order valence-electron chi connectivity index (χ0n) is 12.9. The molecule has 0 atom stereocenters. The highest BCUT2D eigenvalue weighted by Crippen LogP contribution is 2.19. The predicted molar refractivity (Wildman–Crippen MR) is 91.0 cm³/mol. The molecule has 0 bridgehead atoms. The summed E-state index contributed by atoms with van der Waals surface area (Å²) in [7, 11) is -3.66. The highest BCUT2D eigenvalue weighted by Gasteiger charge is 2.15. The van der Waals surface area contributed by atoms with Crippen LogP contribution in [0.1, 0.15) is 12.7 Å². The van der Waals surface area contributed by atoms with Crippen LogP contribution in [0, 0.1) is 0 Å². The van der Waals surface area contributed by atoms with Crippen LogP contribution >= 0.6 is 0 Å². The molecule has 0 spiro atoms. The normalized spacial score (nSPS) is 11.5. The van der Waals surface area contributed by atoms with Crippen LogP contribution in [0.3, 0.4) is 0 Å². The van der Waals surface area contributed by atoms with Gasteiger partial charge in [-0.3, -0.25) is 4.79 Å². The van der Waals surface area contributed by atoms with Gasteiger partial charge in [0.2, 0.25) is 15.9 Å². The second kappa shape index (κ2) is 6.46. The molecule has 2 N–H and O–H groups in total. The molecule has 124 valence electrons. The van der Waals surface area contributed by atoms with Gasteiger partial charge in [0.25, 0.3) is 0 Å². The van der Waals surface area contributed by atoms with Crippen molar-refractivity contribution in [1.82, 2.24) is 4.72 Å². The average molecular weight is 344 g/mol. The number of hydrogen-bond donors (Lipinski definition) is 2. The molecule has 1 aromatic heterocycles. The number of sulfonamides is 1. The van der Waals surface area contributed by atoms with Crippen LogP contribution < -0.4 is 10.0 Å². The van der Waals surface area contributed by atoms with Crippen molar-refractivity contribution >= 4 is 32.6 Å². The quantitative estimate of drug-likeness (QED) is 0.745. The van der Waals surface area contributed by atoms with Gasteiger partial charge in [0.15, 0.2) is 0 Å². The van der Waals surface area contributed by atoms with Crippen molar-refractivity contribution in [3.05, 3.63) is 60.4 Å². The number of benzene rings is 2. The predicted octanol–water partition coefficient (Wildman–Crippen LogP) is 2.87. The van der Waals surface area contributed by atoms with Crippen molar-refractivity contribution in [2.75, 3.05) is 5.32 Å². The van der Waals surface area contributed by atoms with Crippen LogP contribution in [0.5, 0.6) is 0 Å². The van der Waals surface area contributed by atoms with Gasteiger partial charge in [0.05, 0.1) is 11.4 Å². The maximum Gasteiger partial charge on any atom is 0.240 e. The number of fused-ring (bicyclic) bond motifs is 1. The van der Waals surface area contributed by atoms with E-state index in [2.05, 4.69) is 10.0 Å². The lowest BCUT2D eigenvalue weighted by Gasteiger charge is -2.07. The standard InChI is InChI=1S/C17H16N2O4S/c1-12(20)19-14-6-8-16(9-7-14)24(21,22)18-11-15-10-13-4-2-3-5-17(13)23-15/h2-10,18H,11H2,1H3,(H,19,20). The molecule has 7 heteroatoms. The van der Waals surface area contributed by atoms with Crippen molar-refractivity contribution in [3.8, 4) is 0 Å². The molecule has 0 aliphatic carbocycles. The molecule has 24 heavy (non-hydrogen) atoms. The maximum atomic E-state index is 12.3. The summed E-state index contributed by atoms with van der Waals surface area (Å²) in [5, 5.41) is 3.51. The van der Waals surface area contributed by atoms with Crippen LogP contribution in [0.25, 0.3) is 11.0 Å². The average Bonchev–Trinajstić information content (AvgIpc) is 2.96. The van der Waals surface area contributed by atoms with E-state index < -0.39 is 10.0 Å². The largest absolute Gasteiger partial charge is 0.460 e. The molecule has 1 amide bonds. The van der Waals surface area contributed by atoms with Crippen molar-refractivity contribution in [3.63, 3.8) is 0 Å². The first-order valence-corrected chi connectivity index (χ1v) is 8.77. The summed E-state index contributed by atoms with van der Waals surface area (Å²) < 4.78 is 32.7. The molecule has 0 saturated carbocycles. The van der Waals surface area contributed by atoms with Crippen LogP contribution in [0.15, 0.2) is 63.9 Å². The summed E-state index contributed by atoms with van der Waals surface area (Å²) >= 11 is 0. The van der Waals surface area contributed by atoms with Gasteiger partial charge < -0.3 is 9.73 Å². The number of nitrogens with one attached hydrogen (secondary N) is 2. The van der Waals surface area contributed by atoms with E-state index in [4.69, 9.17) is 4.42 Å². The second-order valence-electron chi connectivity index (χ2n) is 5.28. The van der Waals surface area contributed by atoms with Gasteiger partial charge in [0.1, 0.15) is 11.3 Å². The van der Waals surface area contributed by atoms with E-state index >= 15 is 0 Å². The Labute approximate surface area is 139 Å². The lowest BCUT2D eigenvalue weighted by atomic mass is 10.2. The van der Waals surface area contributed by atoms with Gasteiger partial charge in [0, 0.05) is 18.0 Å². The van der Waals surface area contributed by atoms with Gasteiger partial charge >= 0.3 is 0 Å². The molecule has 0 saturated heterocycles. The fourth-order valence-electron chi connectivity index (χ4n) is 2.29. The zero-order valence-corrected chi connectivity index (χ0v) is 13.8. The molecule has 3 aromatic rings. The van der Waals surface area contributed by atoms with Gasteiger partial charge in [-0.1, -0.05) is 18.2 Å². The highest BCUT2D eigenvalue weighted by molar-refractivity contribution is 7.89. The minimum atomic E-state index is -3.66. The number of carbonyl (C=O) groups is 1. The minimum Gasteiger partial charge on any atom is -0.460 e. The molecule has 0 aliphatic heterocycles. The van der Waals surface area contributed by atoms with Crippen LogP contribution in [0.2, 0.25) is 0 Å². The lowest BCUT2D eigenvalue weighted by Crippen LogP contribution is -2.23. The third-order valence-corrected chi connectivity index (χ3v) is 4.82. The number of amides is 1. The highest BCUT2D eigenvalue weighted by atomic mass is 32.2. The monoisotopic (exact) mass is 344 g/mol. The Kier molecular flexibility index (Phi) is 4.37. The molecule has 6 nitrogen and oxygen atoms in total. The number of para-hydroxylation sites is 1. The summed E-state index contributed by atoms with van der Waals surface area (Å²) in [4.78, 5) is 11.1. The SMILES string of the molecule is CC(=O)Nc1ccc(S(=O)(=O)NCc2cc3ccccc3o2)cc1. The first-order chi connectivity index (χ1) is 11.4. The Balaban J connectivity index is 1.72. The topological polar surface area (TPSA) is 88.4 Å². The number of rotatable bonds is 5. The molecule has 0 fully saturated rings. The molecule has 2 aromatic carbocycles. The molecule has 1 heterocycles. The Morgan fingerprint density at radius 1 is 1.08 bits per heavy atom. The van der Waals surface area contributed by atoms with E-state index in [-0.39, 0.29) is 17.3 Å². The van der Waals surface area contributed by atoms with Gasteiger partial charge in [-0.15, -0.1) is 0 Å². The van der Waals surface area contributed by atoms with E-state index in [0.29, 0.717) is 17.0 Å². The summed E-state index contributed by atoms with van der Waals surface area (Å²) in [5.74, 6) is 0.322. The summed E-state index contributed by atoms with van der Waals surface area (Å²) in [6, 6.07) is 15.2. The third-order valence-electron chi connectivity index (χ3n) is 3.40. The van der Waals surface area contributed by atoms with Crippen molar-refractivity contribution in [1.29, 1.82) is 0 Å². The first kappa shape index (κ1) is 16.2. The van der Waals surface area contributed by atoms with Crippen molar-refractivity contribution < 1.29 is 17.6 Å². The molecule has 0 aliphatic rings. The summed E-state index contributed by atoms with van der Waals surface area (Å²) in [6.07, 6.45) is 0. The van der Waals surface area contributed by atoms with Gasteiger partial charge in [-0.2, -0.15) is 0 Å². The molecular weight excluding hydrogens is 328 g/mol. The van der Waals surface area contributed by atoms with E-state index in [0.717, 1.165) is 5.39 Å². The smallest absolute Gasteiger partial charge is 0.240 e. The van der Waals surface area contributed by atoms with Crippen LogP contribution in [-0.4, -0.2) is 14.3 Å². The number of anilines is 1.